The molecule has 4 atom stereocenters. The van der Waals surface area contributed by atoms with Crippen LogP contribution in [0.1, 0.15) is 39.5 Å². The number of fused-ring (bicyclic) bond motifs is 2. The number of phenols is 1. The number of nitrogens with one attached hydrogen (secondary N) is 1. The highest BCUT2D eigenvalue weighted by molar-refractivity contribution is 5.73. The van der Waals surface area contributed by atoms with Crippen LogP contribution in [0.3, 0.4) is 0 Å². The molecule has 0 spiro atoms. The highest BCUT2D eigenvalue weighted by Crippen LogP contribution is 2.43. The van der Waals surface area contributed by atoms with Crippen molar-refractivity contribution in [1.82, 2.24) is 25.5 Å². The summed E-state index contributed by atoms with van der Waals surface area (Å²) in [6, 6.07) is 5.78. The minimum absolute atomic E-state index is 0.124. The number of alkyl halides is 1. The lowest BCUT2D eigenvalue weighted by atomic mass is 9.68. The average Bonchev–Trinajstić information content (AvgIpc) is 2.86. The number of halogens is 2. The van der Waals surface area contributed by atoms with Gasteiger partial charge in [-0.25, -0.2) is 18.7 Å². The number of nitrogens with zero attached hydrogens (tertiary/aromatic N) is 5. The Morgan fingerprint density at radius 2 is 1.92 bits per heavy atom. The first-order valence-electron chi connectivity index (χ1n) is 12.0. The van der Waals surface area contributed by atoms with Crippen LogP contribution in [0, 0.1) is 5.82 Å². The molecule has 0 unspecified atom stereocenters. The van der Waals surface area contributed by atoms with Crippen molar-refractivity contribution in [2.24, 2.45) is 0 Å². The predicted molar refractivity (Wildman–Crippen MR) is 132 cm³/mol. The van der Waals surface area contributed by atoms with Crippen molar-refractivity contribution in [2.45, 2.75) is 62.8 Å². The average molecular weight is 497 g/mol. The number of methoxy groups -OCH3 is 1. The lowest BCUT2D eigenvalue weighted by molar-refractivity contribution is 0.00193. The number of rotatable bonds is 5. The molecule has 36 heavy (non-hydrogen) atoms. The van der Waals surface area contributed by atoms with Gasteiger partial charge < -0.3 is 20.1 Å². The van der Waals surface area contributed by atoms with Crippen molar-refractivity contribution in [2.75, 3.05) is 19.1 Å². The van der Waals surface area contributed by atoms with E-state index >= 15 is 4.39 Å². The number of phenolic OH excluding ortho intramolecular Hbond substituents is 1. The second-order valence-corrected chi connectivity index (χ2v) is 10.3. The third kappa shape index (κ3) is 4.23. The van der Waals surface area contributed by atoms with Crippen molar-refractivity contribution in [3.8, 4) is 34.1 Å². The van der Waals surface area contributed by atoms with Gasteiger partial charge in [-0.05, 0) is 57.2 Å². The zero-order valence-corrected chi connectivity index (χ0v) is 20.8. The largest absolute Gasteiger partial charge is 0.507 e. The topological polar surface area (TPSA) is 96.3 Å². The summed E-state index contributed by atoms with van der Waals surface area (Å²) in [6.45, 7) is 4.12. The fourth-order valence-electron chi connectivity index (χ4n) is 5.71. The van der Waals surface area contributed by atoms with Crippen LogP contribution in [0.5, 0.6) is 11.6 Å². The molecule has 0 aliphatic carbocycles. The summed E-state index contributed by atoms with van der Waals surface area (Å²) in [5.74, 6) is 0.270. The summed E-state index contributed by atoms with van der Waals surface area (Å²) in [7, 11) is 3.27. The molecule has 3 aromatic rings. The highest BCUT2D eigenvalue weighted by Gasteiger charge is 2.53. The van der Waals surface area contributed by atoms with Crippen LogP contribution in [-0.4, -0.2) is 62.7 Å². The van der Waals surface area contributed by atoms with E-state index in [0.29, 0.717) is 23.4 Å². The molecule has 2 N–H and O–H groups in total. The normalized spacial score (nSPS) is 27.5. The molecule has 0 amide bonds. The van der Waals surface area contributed by atoms with E-state index in [2.05, 4.69) is 32.4 Å². The second-order valence-electron chi connectivity index (χ2n) is 10.3. The van der Waals surface area contributed by atoms with Crippen molar-refractivity contribution >= 4 is 5.82 Å². The lowest BCUT2D eigenvalue weighted by Crippen LogP contribution is -2.72. The molecule has 2 saturated heterocycles. The molecular weight excluding hydrogens is 466 g/mol. The van der Waals surface area contributed by atoms with E-state index < -0.39 is 17.5 Å². The minimum atomic E-state index is -1.07. The van der Waals surface area contributed by atoms with Crippen LogP contribution in [-0.2, 0) is 0 Å². The van der Waals surface area contributed by atoms with Crippen LogP contribution in [0.25, 0.3) is 22.5 Å². The van der Waals surface area contributed by atoms with E-state index in [1.165, 1.54) is 25.4 Å². The van der Waals surface area contributed by atoms with Crippen molar-refractivity contribution in [3.05, 3.63) is 42.5 Å². The molecule has 2 fully saturated rings. The number of hydrogen-bond donors (Lipinski definition) is 2. The van der Waals surface area contributed by atoms with Crippen molar-refractivity contribution in [1.29, 1.82) is 0 Å². The van der Waals surface area contributed by atoms with Gasteiger partial charge in [-0.2, -0.15) is 0 Å². The molecule has 10 heteroatoms. The quantitative estimate of drug-likeness (QED) is 0.540. The molecule has 2 bridgehead atoms. The van der Waals surface area contributed by atoms with E-state index in [4.69, 9.17) is 4.74 Å². The van der Waals surface area contributed by atoms with Crippen molar-refractivity contribution in [3.63, 3.8) is 0 Å². The zero-order valence-electron chi connectivity index (χ0n) is 20.8. The third-order valence-corrected chi connectivity index (χ3v) is 7.62. The Balaban J connectivity index is 1.38. The molecule has 8 nitrogen and oxygen atoms in total. The van der Waals surface area contributed by atoms with Gasteiger partial charge in [0, 0.05) is 29.8 Å². The maximum absolute atomic E-state index is 15.6. The first-order chi connectivity index (χ1) is 17.1. The van der Waals surface area contributed by atoms with Crippen LogP contribution >= 0.6 is 0 Å². The summed E-state index contributed by atoms with van der Waals surface area (Å²) in [4.78, 5) is 10.0. The van der Waals surface area contributed by atoms with Gasteiger partial charge >= 0.3 is 0 Å². The van der Waals surface area contributed by atoms with E-state index in [1.807, 2.05) is 18.9 Å². The Morgan fingerprint density at radius 3 is 2.61 bits per heavy atom. The van der Waals surface area contributed by atoms with Crippen LogP contribution < -0.4 is 15.0 Å². The molecule has 2 aliphatic rings. The monoisotopic (exact) mass is 496 g/mol. The maximum Gasteiger partial charge on any atom is 0.213 e. The summed E-state index contributed by atoms with van der Waals surface area (Å²) >= 11 is 0. The number of anilines is 1. The standard InChI is InChI=1S/C26H30F2N6O2/c1-25-8-5-9-26(2,33-25)23(28)19(12-25)34(3)21-14-30-24(32-31-21)16-7-6-15(10-20(16)35)17-11-22(36-4)29-13-18(17)27/h6-7,10-11,13-14,19,23,33,35H,5,8-9,12H2,1-4H3/t19-,23-,25-,26+/m0/s1. The molecule has 2 aliphatic heterocycles. The number of aromatic nitrogens is 4. The van der Waals surface area contributed by atoms with Crippen LogP contribution in [0.2, 0.25) is 0 Å². The van der Waals surface area contributed by atoms with E-state index in [0.717, 1.165) is 25.5 Å². The van der Waals surface area contributed by atoms with E-state index in [-0.39, 0.29) is 34.6 Å². The summed E-state index contributed by atoms with van der Waals surface area (Å²) in [5, 5.41) is 22.7. The molecule has 2 aromatic heterocycles. The summed E-state index contributed by atoms with van der Waals surface area (Å²) < 4.78 is 35.0. The molecule has 0 saturated carbocycles. The molecular formula is C26H30F2N6O2. The van der Waals surface area contributed by atoms with Gasteiger partial charge in [-0.15, -0.1) is 10.2 Å². The van der Waals surface area contributed by atoms with Crippen molar-refractivity contribution < 1.29 is 18.6 Å². The second kappa shape index (κ2) is 8.92. The molecule has 4 heterocycles. The fraction of sp³-hybridized carbons (Fsp3) is 0.462. The van der Waals surface area contributed by atoms with Gasteiger partial charge in [0.2, 0.25) is 5.88 Å². The maximum atomic E-state index is 15.6. The first kappa shape index (κ1) is 24.3. The van der Waals surface area contributed by atoms with Gasteiger partial charge in [0.1, 0.15) is 17.7 Å². The first-order valence-corrected chi connectivity index (χ1v) is 12.0. The zero-order chi connectivity index (χ0) is 25.7. The number of benzene rings is 1. The Kier molecular flexibility index (Phi) is 6.02. The third-order valence-electron chi connectivity index (χ3n) is 7.62. The molecule has 190 valence electrons. The van der Waals surface area contributed by atoms with E-state index in [1.54, 1.807) is 12.1 Å². The predicted octanol–water partition coefficient (Wildman–Crippen LogP) is 4.29. The minimum Gasteiger partial charge on any atom is -0.507 e. The van der Waals surface area contributed by atoms with Gasteiger partial charge in [-0.3, -0.25) is 0 Å². The Morgan fingerprint density at radius 1 is 1.11 bits per heavy atom. The molecule has 0 radical (unpaired) electrons. The van der Waals surface area contributed by atoms with Gasteiger partial charge in [-0.1, -0.05) is 6.07 Å². The SMILES string of the molecule is COc1cc(-c2ccc(-c3ncc(N(C)[C@H]4C[C@]5(C)CCC[C@@](C)(N5)[C@H]4F)nn3)c(O)c2)c(F)cn1. The van der Waals surface area contributed by atoms with E-state index in [9.17, 15) is 9.50 Å². The Hall–Kier alpha value is -3.40. The Bertz CT molecular complexity index is 1280. The smallest absolute Gasteiger partial charge is 0.213 e. The fourth-order valence-corrected chi connectivity index (χ4v) is 5.71. The summed E-state index contributed by atoms with van der Waals surface area (Å²) in [5.41, 5.74) is 0.348. The number of aromatic hydroxyl groups is 1. The number of hydrogen-bond acceptors (Lipinski definition) is 8. The van der Waals surface area contributed by atoms with Crippen LogP contribution in [0.15, 0.2) is 36.7 Å². The lowest BCUT2D eigenvalue weighted by Gasteiger charge is -2.56. The highest BCUT2D eigenvalue weighted by atomic mass is 19.1. The van der Waals surface area contributed by atoms with Gasteiger partial charge in [0.15, 0.2) is 11.6 Å². The number of ether oxygens (including phenoxy) is 1. The number of pyridine rings is 1. The molecule has 1 aromatic carbocycles. The Labute approximate surface area is 208 Å². The number of piperidine rings is 2. The van der Waals surface area contributed by atoms with Gasteiger partial charge in [0.25, 0.3) is 0 Å². The van der Waals surface area contributed by atoms with Gasteiger partial charge in [0.05, 0.1) is 31.1 Å². The summed E-state index contributed by atoms with van der Waals surface area (Å²) in [6.07, 6.45) is 5.01. The molecule has 5 rings (SSSR count). The van der Waals surface area contributed by atoms with Crippen LogP contribution in [0.4, 0.5) is 14.6 Å².